The van der Waals surface area contributed by atoms with Crippen LogP contribution < -0.4 is 10.6 Å². The number of hydrogen-bond donors (Lipinski definition) is 3. The van der Waals surface area contributed by atoms with E-state index in [1.54, 1.807) is 13.0 Å². The van der Waals surface area contributed by atoms with Gasteiger partial charge in [0.1, 0.15) is 0 Å². The smallest absolute Gasteiger partial charge is 0.393 e. The zero-order chi connectivity index (χ0) is 17.0. The molecule has 0 heterocycles. The fourth-order valence-electron chi connectivity index (χ4n) is 2.86. The predicted molar refractivity (Wildman–Crippen MR) is 79.9 cm³/mol. The number of amides is 2. The summed E-state index contributed by atoms with van der Waals surface area (Å²) in [6, 6.07) is 3.09. The number of alkyl halides is 3. The average molecular weight is 330 g/mol. The normalized spacial score (nSPS) is 22.7. The molecular weight excluding hydrogens is 309 g/mol. The minimum atomic E-state index is -4.57. The van der Waals surface area contributed by atoms with Crippen LogP contribution >= 0.6 is 0 Å². The lowest BCUT2D eigenvalue weighted by molar-refractivity contribution is -0.154. The summed E-state index contributed by atoms with van der Waals surface area (Å²) in [5.74, 6) is 0.110. The minimum Gasteiger partial charge on any atom is -0.393 e. The first-order valence-electron chi connectivity index (χ1n) is 7.61. The Morgan fingerprint density at radius 3 is 2.70 bits per heavy atom. The lowest BCUT2D eigenvalue weighted by Gasteiger charge is -2.23. The minimum absolute atomic E-state index is 0.00365. The molecule has 1 fully saturated rings. The summed E-state index contributed by atoms with van der Waals surface area (Å²) in [5, 5.41) is 13.9. The highest BCUT2D eigenvalue weighted by Crippen LogP contribution is 2.33. The number of aliphatic hydroxyl groups excluding tert-OH is 1. The van der Waals surface area contributed by atoms with Crippen molar-refractivity contribution >= 4 is 6.03 Å². The molecular formula is C16H21F3N2O2. The largest absolute Gasteiger partial charge is 0.412 e. The monoisotopic (exact) mass is 330 g/mol. The maximum Gasteiger partial charge on any atom is 0.412 e. The number of carbonyl (C=O) groups is 1. The number of hydrogen-bond acceptors (Lipinski definition) is 2. The summed E-state index contributed by atoms with van der Waals surface area (Å²) in [6.07, 6.45) is -2.94. The van der Waals surface area contributed by atoms with Crippen LogP contribution in [0.3, 0.4) is 0 Å². The first-order chi connectivity index (χ1) is 10.8. The molecule has 3 N–H and O–H groups in total. The maximum atomic E-state index is 13.2. The summed E-state index contributed by atoms with van der Waals surface area (Å²) in [5.41, 5.74) is 0.697. The van der Waals surface area contributed by atoms with E-state index in [0.717, 1.165) is 6.42 Å². The molecule has 1 aliphatic rings. The summed E-state index contributed by atoms with van der Waals surface area (Å²) in [6.45, 7) is 1.96. The molecule has 0 saturated heterocycles. The molecule has 3 atom stereocenters. The molecule has 0 unspecified atom stereocenters. The number of nitrogens with one attached hydrogen (secondary N) is 2. The Labute approximate surface area is 133 Å². The number of carbonyl (C=O) groups excluding carboxylic acids is 1. The highest BCUT2D eigenvalue weighted by Gasteiger charge is 2.42. The molecule has 1 aliphatic carbocycles. The lowest BCUT2D eigenvalue weighted by atomic mass is 10.0. The Morgan fingerprint density at radius 1 is 1.39 bits per heavy atom. The van der Waals surface area contributed by atoms with Crippen LogP contribution in [0.4, 0.5) is 18.0 Å². The van der Waals surface area contributed by atoms with E-state index < -0.39 is 18.2 Å². The van der Waals surface area contributed by atoms with Crippen molar-refractivity contribution in [1.82, 2.24) is 10.6 Å². The van der Waals surface area contributed by atoms with Crippen molar-refractivity contribution < 1.29 is 23.1 Å². The van der Waals surface area contributed by atoms with E-state index in [1.165, 1.54) is 18.2 Å². The number of aliphatic hydroxyl groups is 1. The third-order valence-electron chi connectivity index (χ3n) is 4.04. The molecule has 23 heavy (non-hydrogen) atoms. The van der Waals surface area contributed by atoms with Gasteiger partial charge in [-0.2, -0.15) is 13.2 Å². The molecule has 0 bridgehead atoms. The van der Waals surface area contributed by atoms with Crippen LogP contribution in [-0.4, -0.2) is 30.0 Å². The van der Waals surface area contributed by atoms with Gasteiger partial charge in [0.05, 0.1) is 6.10 Å². The summed E-state index contributed by atoms with van der Waals surface area (Å²) in [4.78, 5) is 11.8. The van der Waals surface area contributed by atoms with E-state index in [0.29, 0.717) is 18.4 Å². The third-order valence-corrected chi connectivity index (χ3v) is 4.04. The second-order valence-electron chi connectivity index (χ2n) is 6.08. The second-order valence-corrected chi connectivity index (χ2v) is 6.08. The molecule has 0 spiro atoms. The van der Waals surface area contributed by atoms with Gasteiger partial charge in [-0.15, -0.1) is 0 Å². The summed E-state index contributed by atoms with van der Waals surface area (Å²) in [7, 11) is 0. The van der Waals surface area contributed by atoms with Crippen LogP contribution in [0.15, 0.2) is 24.3 Å². The van der Waals surface area contributed by atoms with Gasteiger partial charge in [-0.05, 0) is 37.7 Å². The number of urea groups is 1. The topological polar surface area (TPSA) is 61.4 Å². The first-order valence-corrected chi connectivity index (χ1v) is 7.61. The average Bonchev–Trinajstić information content (AvgIpc) is 2.87. The second kappa shape index (κ2) is 7.21. The van der Waals surface area contributed by atoms with Gasteiger partial charge in [0, 0.05) is 6.54 Å². The number of benzene rings is 1. The van der Waals surface area contributed by atoms with Crippen molar-refractivity contribution in [3.8, 4) is 0 Å². The highest BCUT2D eigenvalue weighted by molar-refractivity contribution is 5.74. The lowest BCUT2D eigenvalue weighted by Crippen LogP contribution is -2.44. The maximum absolute atomic E-state index is 13.2. The molecule has 0 aromatic heterocycles. The van der Waals surface area contributed by atoms with Crippen LogP contribution in [-0.2, 0) is 0 Å². The quantitative estimate of drug-likeness (QED) is 0.794. The van der Waals surface area contributed by atoms with E-state index in [-0.39, 0.29) is 24.1 Å². The van der Waals surface area contributed by atoms with E-state index >= 15 is 0 Å². The van der Waals surface area contributed by atoms with Crippen LogP contribution in [0.1, 0.15) is 36.4 Å². The Bertz CT molecular complexity index is 548. The van der Waals surface area contributed by atoms with Crippen molar-refractivity contribution in [2.75, 3.05) is 6.54 Å². The zero-order valence-corrected chi connectivity index (χ0v) is 12.9. The Balaban J connectivity index is 1.96. The Kier molecular flexibility index (Phi) is 5.51. The molecule has 2 rings (SSSR count). The molecule has 0 aliphatic heterocycles. The summed E-state index contributed by atoms with van der Waals surface area (Å²) < 4.78 is 39.6. The molecule has 1 saturated carbocycles. The number of aryl methyl sites for hydroxylation is 1. The highest BCUT2D eigenvalue weighted by atomic mass is 19.4. The van der Waals surface area contributed by atoms with Gasteiger partial charge >= 0.3 is 12.2 Å². The van der Waals surface area contributed by atoms with E-state index in [4.69, 9.17) is 0 Å². The summed E-state index contributed by atoms with van der Waals surface area (Å²) >= 11 is 0. The molecule has 1 aromatic rings. The van der Waals surface area contributed by atoms with Gasteiger partial charge in [-0.3, -0.25) is 0 Å². The zero-order valence-electron chi connectivity index (χ0n) is 12.9. The van der Waals surface area contributed by atoms with Crippen LogP contribution in [0.25, 0.3) is 0 Å². The van der Waals surface area contributed by atoms with Crippen molar-refractivity contribution in [3.05, 3.63) is 35.4 Å². The fourth-order valence-corrected chi connectivity index (χ4v) is 2.86. The van der Waals surface area contributed by atoms with E-state index in [2.05, 4.69) is 5.32 Å². The van der Waals surface area contributed by atoms with Crippen LogP contribution in [0, 0.1) is 12.8 Å². The Hall–Kier alpha value is -1.76. The van der Waals surface area contributed by atoms with Gasteiger partial charge in [-0.1, -0.05) is 29.8 Å². The molecule has 4 nitrogen and oxygen atoms in total. The number of halogens is 3. The van der Waals surface area contributed by atoms with Crippen molar-refractivity contribution in [2.24, 2.45) is 5.92 Å². The number of rotatable bonds is 4. The Morgan fingerprint density at radius 2 is 2.13 bits per heavy atom. The van der Waals surface area contributed by atoms with Crippen molar-refractivity contribution in [1.29, 1.82) is 0 Å². The standard InChI is InChI=1S/C16H21F3N2O2/c1-10-3-2-4-12(7-10)14(16(17,18)19)21-15(23)20-9-11-5-6-13(22)8-11/h2-4,7,11,13-14,22H,5-6,8-9H2,1H3,(H2,20,21,23)/t11-,13-,14-/m0/s1. The van der Waals surface area contributed by atoms with Gasteiger partial charge < -0.3 is 15.7 Å². The molecule has 1 aromatic carbocycles. The SMILES string of the molecule is Cc1cccc([C@H](NC(=O)NC[C@H]2CC[C@H](O)C2)C(F)(F)F)c1. The van der Waals surface area contributed by atoms with Gasteiger partial charge in [-0.25, -0.2) is 4.79 Å². The molecule has 7 heteroatoms. The predicted octanol–water partition coefficient (Wildman–Crippen LogP) is 3.06. The van der Waals surface area contributed by atoms with Gasteiger partial charge in [0.2, 0.25) is 0 Å². The molecule has 0 radical (unpaired) electrons. The first kappa shape index (κ1) is 17.6. The van der Waals surface area contributed by atoms with Gasteiger partial charge in [0.15, 0.2) is 6.04 Å². The molecule has 2 amide bonds. The van der Waals surface area contributed by atoms with Crippen molar-refractivity contribution in [3.63, 3.8) is 0 Å². The molecule has 128 valence electrons. The van der Waals surface area contributed by atoms with Gasteiger partial charge in [0.25, 0.3) is 0 Å². The third kappa shape index (κ3) is 5.13. The van der Waals surface area contributed by atoms with E-state index in [9.17, 15) is 23.1 Å². The van der Waals surface area contributed by atoms with Crippen LogP contribution in [0.5, 0.6) is 0 Å². The van der Waals surface area contributed by atoms with Crippen LogP contribution in [0.2, 0.25) is 0 Å². The van der Waals surface area contributed by atoms with Crippen molar-refractivity contribution in [2.45, 2.75) is 44.5 Å². The van der Waals surface area contributed by atoms with E-state index in [1.807, 2.05) is 5.32 Å². The fraction of sp³-hybridized carbons (Fsp3) is 0.562.